The lowest BCUT2D eigenvalue weighted by Gasteiger charge is -2.32. The van der Waals surface area contributed by atoms with Crippen LogP contribution in [-0.4, -0.2) is 29.3 Å². The maximum Gasteiger partial charge on any atom is 0.243 e. The quantitative estimate of drug-likeness (QED) is 0.340. The molecule has 0 radical (unpaired) electrons. The van der Waals surface area contributed by atoms with Gasteiger partial charge in [0, 0.05) is 34.6 Å². The summed E-state index contributed by atoms with van der Waals surface area (Å²) in [4.78, 5) is 28.5. The zero-order valence-electron chi connectivity index (χ0n) is 18.9. The standard InChI is InChI=1S/C27H27Cl3N2O2/c1-2-14-31-27(34)25(15-19-6-4-3-5-7-19)32(18-21-10-13-23(29)17-24(21)30)26(33)16-20-8-11-22(28)12-9-20/h3-13,17,25H,2,14-16,18H2,1H3,(H,31,34)/t25-/m1/s1. The van der Waals surface area contributed by atoms with Crippen molar-refractivity contribution in [2.24, 2.45) is 0 Å². The van der Waals surface area contributed by atoms with Crippen molar-refractivity contribution in [1.29, 1.82) is 0 Å². The van der Waals surface area contributed by atoms with Gasteiger partial charge in [0.05, 0.1) is 6.42 Å². The average molecular weight is 518 g/mol. The summed E-state index contributed by atoms with van der Waals surface area (Å²) < 4.78 is 0. The van der Waals surface area contributed by atoms with Crippen molar-refractivity contribution in [3.63, 3.8) is 0 Å². The fraction of sp³-hybridized carbons (Fsp3) is 0.259. The van der Waals surface area contributed by atoms with E-state index in [-0.39, 0.29) is 24.8 Å². The molecule has 0 saturated carbocycles. The number of halogens is 3. The highest BCUT2D eigenvalue weighted by Gasteiger charge is 2.30. The summed E-state index contributed by atoms with van der Waals surface area (Å²) in [5, 5.41) is 4.52. The van der Waals surface area contributed by atoms with E-state index in [0.29, 0.717) is 28.0 Å². The Morgan fingerprint density at radius 2 is 1.56 bits per heavy atom. The van der Waals surface area contributed by atoms with Gasteiger partial charge in [0.15, 0.2) is 0 Å². The number of hydrogen-bond acceptors (Lipinski definition) is 2. The van der Waals surface area contributed by atoms with Crippen molar-refractivity contribution >= 4 is 46.6 Å². The number of amides is 2. The van der Waals surface area contributed by atoms with Crippen molar-refractivity contribution in [2.45, 2.75) is 38.8 Å². The molecule has 4 nitrogen and oxygen atoms in total. The van der Waals surface area contributed by atoms with E-state index in [2.05, 4.69) is 5.32 Å². The second-order valence-electron chi connectivity index (χ2n) is 8.06. The van der Waals surface area contributed by atoms with Gasteiger partial charge in [-0.3, -0.25) is 9.59 Å². The molecule has 7 heteroatoms. The minimum absolute atomic E-state index is 0.134. The van der Waals surface area contributed by atoms with Crippen LogP contribution in [0.15, 0.2) is 72.8 Å². The molecule has 2 amide bonds. The number of nitrogens with zero attached hydrogens (tertiary/aromatic N) is 1. The van der Waals surface area contributed by atoms with Crippen molar-refractivity contribution in [2.75, 3.05) is 6.54 Å². The highest BCUT2D eigenvalue weighted by molar-refractivity contribution is 6.35. The minimum atomic E-state index is -0.708. The zero-order chi connectivity index (χ0) is 24.5. The zero-order valence-corrected chi connectivity index (χ0v) is 21.2. The average Bonchev–Trinajstić information content (AvgIpc) is 2.83. The molecular formula is C27H27Cl3N2O2. The van der Waals surface area contributed by atoms with Gasteiger partial charge in [-0.2, -0.15) is 0 Å². The SMILES string of the molecule is CCCNC(=O)[C@@H](Cc1ccccc1)N(Cc1ccc(Cl)cc1Cl)C(=O)Cc1ccc(Cl)cc1. The second kappa shape index (κ2) is 12.8. The Bertz CT molecular complexity index is 1100. The van der Waals surface area contributed by atoms with Crippen LogP contribution in [0.3, 0.4) is 0 Å². The first-order valence-electron chi connectivity index (χ1n) is 11.2. The van der Waals surface area contributed by atoms with Gasteiger partial charge < -0.3 is 10.2 Å². The molecule has 1 atom stereocenters. The second-order valence-corrected chi connectivity index (χ2v) is 9.34. The van der Waals surface area contributed by atoms with E-state index < -0.39 is 6.04 Å². The Kier molecular flexibility index (Phi) is 9.82. The molecule has 3 aromatic rings. The molecule has 0 bridgehead atoms. The van der Waals surface area contributed by atoms with E-state index >= 15 is 0 Å². The third kappa shape index (κ3) is 7.49. The lowest BCUT2D eigenvalue weighted by molar-refractivity contribution is -0.140. The lowest BCUT2D eigenvalue weighted by Crippen LogP contribution is -2.51. The fourth-order valence-corrected chi connectivity index (χ4v) is 4.23. The highest BCUT2D eigenvalue weighted by Crippen LogP contribution is 2.24. The van der Waals surface area contributed by atoms with Crippen molar-refractivity contribution in [3.05, 3.63) is 105 Å². The summed E-state index contributed by atoms with van der Waals surface area (Å²) in [5.74, 6) is -0.374. The van der Waals surface area contributed by atoms with Crippen LogP contribution in [0.25, 0.3) is 0 Å². The number of rotatable bonds is 10. The first-order valence-corrected chi connectivity index (χ1v) is 12.3. The molecule has 0 unspecified atom stereocenters. The molecule has 0 heterocycles. The molecule has 3 rings (SSSR count). The third-order valence-electron chi connectivity index (χ3n) is 5.44. The smallest absolute Gasteiger partial charge is 0.243 e. The van der Waals surface area contributed by atoms with Gasteiger partial charge in [-0.05, 0) is 47.4 Å². The number of nitrogens with one attached hydrogen (secondary N) is 1. The van der Waals surface area contributed by atoms with Gasteiger partial charge in [0.2, 0.25) is 11.8 Å². The summed E-state index contributed by atoms with van der Waals surface area (Å²) in [7, 11) is 0. The van der Waals surface area contributed by atoms with Crippen LogP contribution in [0, 0.1) is 0 Å². The molecule has 1 N–H and O–H groups in total. The monoisotopic (exact) mass is 516 g/mol. The van der Waals surface area contributed by atoms with Crippen LogP contribution in [0.5, 0.6) is 0 Å². The van der Waals surface area contributed by atoms with E-state index in [1.165, 1.54) is 0 Å². The van der Waals surface area contributed by atoms with Gasteiger partial charge in [0.25, 0.3) is 0 Å². The Labute approximate surface area is 215 Å². The molecule has 0 aliphatic rings. The highest BCUT2D eigenvalue weighted by atomic mass is 35.5. The summed E-state index contributed by atoms with van der Waals surface area (Å²) in [6.07, 6.45) is 1.31. The Hall–Kier alpha value is -2.53. The molecule has 178 valence electrons. The molecule has 0 spiro atoms. The topological polar surface area (TPSA) is 49.4 Å². The summed E-state index contributed by atoms with van der Waals surface area (Å²) in [6.45, 7) is 2.70. The van der Waals surface area contributed by atoms with E-state index in [1.54, 1.807) is 35.2 Å². The minimum Gasteiger partial charge on any atom is -0.354 e. The normalized spacial score (nSPS) is 11.6. The number of carbonyl (C=O) groups is 2. The number of benzene rings is 3. The van der Waals surface area contributed by atoms with E-state index in [4.69, 9.17) is 34.8 Å². The molecule has 0 aliphatic carbocycles. The molecular weight excluding hydrogens is 491 g/mol. The van der Waals surface area contributed by atoms with Gasteiger partial charge >= 0.3 is 0 Å². The summed E-state index contributed by atoms with van der Waals surface area (Å²) >= 11 is 18.5. The van der Waals surface area contributed by atoms with Crippen molar-refractivity contribution < 1.29 is 9.59 Å². The Balaban J connectivity index is 1.97. The van der Waals surface area contributed by atoms with Crippen LogP contribution in [0.1, 0.15) is 30.0 Å². The first-order chi connectivity index (χ1) is 16.4. The van der Waals surface area contributed by atoms with Gasteiger partial charge in [-0.15, -0.1) is 0 Å². The van der Waals surface area contributed by atoms with Crippen LogP contribution in [0.4, 0.5) is 0 Å². The molecule has 0 fully saturated rings. The van der Waals surface area contributed by atoms with Gasteiger partial charge in [-0.1, -0.05) is 90.3 Å². The summed E-state index contributed by atoms with van der Waals surface area (Å²) in [6, 6.07) is 21.3. The largest absolute Gasteiger partial charge is 0.354 e. The van der Waals surface area contributed by atoms with Gasteiger partial charge in [0.1, 0.15) is 6.04 Å². The van der Waals surface area contributed by atoms with Crippen LogP contribution >= 0.6 is 34.8 Å². The summed E-state index contributed by atoms with van der Waals surface area (Å²) in [5.41, 5.74) is 2.50. The Morgan fingerprint density at radius 1 is 0.882 bits per heavy atom. The predicted molar refractivity (Wildman–Crippen MR) is 139 cm³/mol. The molecule has 3 aromatic carbocycles. The van der Waals surface area contributed by atoms with Crippen LogP contribution < -0.4 is 5.32 Å². The predicted octanol–water partition coefficient (Wildman–Crippen LogP) is 6.36. The Morgan fingerprint density at radius 3 is 2.21 bits per heavy atom. The van der Waals surface area contributed by atoms with Gasteiger partial charge in [-0.25, -0.2) is 0 Å². The van der Waals surface area contributed by atoms with Crippen molar-refractivity contribution in [1.82, 2.24) is 10.2 Å². The molecule has 0 saturated heterocycles. The van der Waals surface area contributed by atoms with E-state index in [9.17, 15) is 9.59 Å². The third-order valence-corrected chi connectivity index (χ3v) is 6.28. The lowest BCUT2D eigenvalue weighted by atomic mass is 10.0. The fourth-order valence-electron chi connectivity index (χ4n) is 3.63. The van der Waals surface area contributed by atoms with Crippen LogP contribution in [0.2, 0.25) is 15.1 Å². The molecule has 34 heavy (non-hydrogen) atoms. The number of hydrogen-bond donors (Lipinski definition) is 1. The maximum absolute atomic E-state index is 13.6. The van der Waals surface area contributed by atoms with E-state index in [1.807, 2.05) is 49.4 Å². The number of carbonyl (C=O) groups excluding carboxylic acids is 2. The molecule has 0 aromatic heterocycles. The maximum atomic E-state index is 13.6. The van der Waals surface area contributed by atoms with E-state index in [0.717, 1.165) is 23.1 Å². The van der Waals surface area contributed by atoms with Crippen molar-refractivity contribution in [3.8, 4) is 0 Å². The molecule has 0 aliphatic heterocycles. The first kappa shape index (κ1) is 26.1. The van der Waals surface area contributed by atoms with Crippen LogP contribution in [-0.2, 0) is 29.0 Å².